The van der Waals surface area contributed by atoms with E-state index in [1.807, 2.05) is 13.8 Å². The Bertz CT molecular complexity index is 322. The standard InChI is InChI=1S/C10H15NO3S/c1-7(2)6-14-11-10(12)9-8(13-3)4-5-15-9/h4-5,7H,6H2,1-3H3,(H,11,12). The van der Waals surface area contributed by atoms with E-state index in [-0.39, 0.29) is 5.91 Å². The molecule has 1 heterocycles. The molecule has 84 valence electrons. The molecule has 0 saturated heterocycles. The third kappa shape index (κ3) is 3.53. The highest BCUT2D eigenvalue weighted by Crippen LogP contribution is 2.23. The van der Waals surface area contributed by atoms with Gasteiger partial charge in [0.1, 0.15) is 10.6 Å². The summed E-state index contributed by atoms with van der Waals surface area (Å²) in [5, 5.41) is 1.80. The number of nitrogens with one attached hydrogen (secondary N) is 1. The zero-order valence-corrected chi connectivity index (χ0v) is 9.89. The van der Waals surface area contributed by atoms with Gasteiger partial charge < -0.3 is 4.74 Å². The Hall–Kier alpha value is -1.07. The highest BCUT2D eigenvalue weighted by atomic mass is 32.1. The molecule has 0 bridgehead atoms. The molecule has 0 aliphatic rings. The van der Waals surface area contributed by atoms with Crippen LogP contribution >= 0.6 is 11.3 Å². The third-order valence-corrected chi connectivity index (χ3v) is 2.53. The Morgan fingerprint density at radius 2 is 2.33 bits per heavy atom. The van der Waals surface area contributed by atoms with Crippen molar-refractivity contribution in [3.8, 4) is 5.75 Å². The molecule has 0 aromatic carbocycles. The van der Waals surface area contributed by atoms with Crippen LogP contribution in [0.15, 0.2) is 11.4 Å². The van der Waals surface area contributed by atoms with Crippen molar-refractivity contribution in [2.45, 2.75) is 13.8 Å². The van der Waals surface area contributed by atoms with Gasteiger partial charge in [0, 0.05) is 0 Å². The summed E-state index contributed by atoms with van der Waals surface area (Å²) in [6.07, 6.45) is 0. The molecule has 0 atom stereocenters. The van der Waals surface area contributed by atoms with Crippen LogP contribution in [-0.4, -0.2) is 19.6 Å². The van der Waals surface area contributed by atoms with E-state index in [0.29, 0.717) is 23.2 Å². The number of hydrogen-bond acceptors (Lipinski definition) is 4. The van der Waals surface area contributed by atoms with E-state index in [4.69, 9.17) is 9.57 Å². The third-order valence-electron chi connectivity index (χ3n) is 1.64. The summed E-state index contributed by atoms with van der Waals surface area (Å²) in [5.74, 6) is 0.698. The highest BCUT2D eigenvalue weighted by Gasteiger charge is 2.13. The van der Waals surface area contributed by atoms with E-state index in [1.54, 1.807) is 11.4 Å². The van der Waals surface area contributed by atoms with Gasteiger partial charge in [-0.1, -0.05) is 13.8 Å². The fourth-order valence-electron chi connectivity index (χ4n) is 0.944. The summed E-state index contributed by atoms with van der Waals surface area (Å²) in [4.78, 5) is 17.1. The van der Waals surface area contributed by atoms with Crippen LogP contribution in [0.2, 0.25) is 0 Å². The monoisotopic (exact) mass is 229 g/mol. The van der Waals surface area contributed by atoms with Crippen molar-refractivity contribution in [1.82, 2.24) is 5.48 Å². The van der Waals surface area contributed by atoms with Crippen LogP contribution in [0.3, 0.4) is 0 Å². The Morgan fingerprint density at radius 1 is 1.60 bits per heavy atom. The minimum absolute atomic E-state index is 0.262. The normalized spacial score (nSPS) is 10.4. The SMILES string of the molecule is COc1ccsc1C(=O)NOCC(C)C. The van der Waals surface area contributed by atoms with Gasteiger partial charge in [-0.25, -0.2) is 5.48 Å². The van der Waals surface area contributed by atoms with Gasteiger partial charge in [-0.05, 0) is 17.4 Å². The first-order valence-electron chi connectivity index (χ1n) is 4.68. The van der Waals surface area contributed by atoms with Gasteiger partial charge in [0.05, 0.1) is 13.7 Å². The quantitative estimate of drug-likeness (QED) is 0.786. The molecule has 0 unspecified atom stereocenters. The van der Waals surface area contributed by atoms with Crippen molar-refractivity contribution < 1.29 is 14.4 Å². The van der Waals surface area contributed by atoms with Crippen molar-refractivity contribution in [2.75, 3.05) is 13.7 Å². The molecular weight excluding hydrogens is 214 g/mol. The number of hydrogen-bond donors (Lipinski definition) is 1. The number of ether oxygens (including phenoxy) is 1. The van der Waals surface area contributed by atoms with Crippen molar-refractivity contribution >= 4 is 17.2 Å². The lowest BCUT2D eigenvalue weighted by atomic mass is 10.2. The van der Waals surface area contributed by atoms with E-state index in [2.05, 4.69) is 5.48 Å². The van der Waals surface area contributed by atoms with Crippen molar-refractivity contribution in [3.63, 3.8) is 0 Å². The number of thiophene rings is 1. The van der Waals surface area contributed by atoms with Crippen molar-refractivity contribution in [1.29, 1.82) is 0 Å². The molecule has 1 aromatic rings. The lowest BCUT2D eigenvalue weighted by Crippen LogP contribution is -2.25. The molecule has 0 aliphatic carbocycles. The van der Waals surface area contributed by atoms with Crippen molar-refractivity contribution in [3.05, 3.63) is 16.3 Å². The minimum Gasteiger partial charge on any atom is -0.495 e. The second-order valence-corrected chi connectivity index (χ2v) is 4.37. The summed E-state index contributed by atoms with van der Waals surface area (Å²) in [7, 11) is 1.54. The Balaban J connectivity index is 2.47. The van der Waals surface area contributed by atoms with Gasteiger partial charge in [-0.2, -0.15) is 0 Å². The molecule has 1 amide bonds. The number of methoxy groups -OCH3 is 1. The van der Waals surface area contributed by atoms with Crippen LogP contribution in [0.25, 0.3) is 0 Å². The maximum absolute atomic E-state index is 11.6. The van der Waals surface area contributed by atoms with Gasteiger partial charge in [0.15, 0.2) is 0 Å². The van der Waals surface area contributed by atoms with Crippen LogP contribution in [0.5, 0.6) is 5.75 Å². The molecule has 0 fully saturated rings. The molecule has 1 rings (SSSR count). The Labute approximate surface area is 93.2 Å². The molecule has 5 heteroatoms. The van der Waals surface area contributed by atoms with Crippen LogP contribution in [0, 0.1) is 5.92 Å². The molecule has 0 saturated carbocycles. The first-order chi connectivity index (χ1) is 7.15. The minimum atomic E-state index is -0.262. The smallest absolute Gasteiger partial charge is 0.288 e. The largest absolute Gasteiger partial charge is 0.495 e. The number of carbonyl (C=O) groups excluding carboxylic acids is 1. The van der Waals surface area contributed by atoms with E-state index < -0.39 is 0 Å². The molecule has 4 nitrogen and oxygen atoms in total. The molecule has 0 radical (unpaired) electrons. The predicted molar refractivity (Wildman–Crippen MR) is 59.1 cm³/mol. The Kier molecular flexibility index (Phi) is 4.58. The second kappa shape index (κ2) is 5.72. The predicted octanol–water partition coefficient (Wildman–Crippen LogP) is 2.07. The highest BCUT2D eigenvalue weighted by molar-refractivity contribution is 7.12. The average molecular weight is 229 g/mol. The zero-order chi connectivity index (χ0) is 11.3. The second-order valence-electron chi connectivity index (χ2n) is 3.45. The summed E-state index contributed by atoms with van der Waals surface area (Å²) in [5.41, 5.74) is 2.38. The number of amides is 1. The molecule has 15 heavy (non-hydrogen) atoms. The van der Waals surface area contributed by atoms with Gasteiger partial charge in [-0.3, -0.25) is 9.63 Å². The topological polar surface area (TPSA) is 47.6 Å². The van der Waals surface area contributed by atoms with Crippen molar-refractivity contribution in [2.24, 2.45) is 5.92 Å². The summed E-state index contributed by atoms with van der Waals surface area (Å²) in [6.45, 7) is 4.52. The maximum Gasteiger partial charge on any atom is 0.288 e. The lowest BCUT2D eigenvalue weighted by Gasteiger charge is -2.07. The average Bonchev–Trinajstić information content (AvgIpc) is 2.64. The molecular formula is C10H15NO3S. The molecule has 0 spiro atoms. The lowest BCUT2D eigenvalue weighted by molar-refractivity contribution is 0.0210. The van der Waals surface area contributed by atoms with Gasteiger partial charge in [0.2, 0.25) is 0 Å². The molecule has 1 aromatic heterocycles. The maximum atomic E-state index is 11.6. The van der Waals surface area contributed by atoms with Gasteiger partial charge in [-0.15, -0.1) is 11.3 Å². The fourth-order valence-corrected chi connectivity index (χ4v) is 1.69. The first kappa shape index (κ1) is 12.0. The van der Waals surface area contributed by atoms with Crippen LogP contribution in [0.4, 0.5) is 0 Å². The van der Waals surface area contributed by atoms with Crippen LogP contribution in [0.1, 0.15) is 23.5 Å². The molecule has 1 N–H and O–H groups in total. The van der Waals surface area contributed by atoms with Crippen LogP contribution < -0.4 is 10.2 Å². The van der Waals surface area contributed by atoms with Gasteiger partial charge >= 0.3 is 0 Å². The van der Waals surface area contributed by atoms with E-state index in [9.17, 15) is 4.79 Å². The number of rotatable bonds is 5. The van der Waals surface area contributed by atoms with E-state index in [0.717, 1.165) is 0 Å². The summed E-state index contributed by atoms with van der Waals surface area (Å²) in [6, 6.07) is 1.75. The first-order valence-corrected chi connectivity index (χ1v) is 5.56. The van der Waals surface area contributed by atoms with Crippen LogP contribution in [-0.2, 0) is 4.84 Å². The fraction of sp³-hybridized carbons (Fsp3) is 0.500. The Morgan fingerprint density at radius 3 is 2.93 bits per heavy atom. The summed E-state index contributed by atoms with van der Waals surface area (Å²) < 4.78 is 5.03. The molecule has 0 aliphatic heterocycles. The summed E-state index contributed by atoms with van der Waals surface area (Å²) >= 11 is 1.32. The van der Waals surface area contributed by atoms with E-state index in [1.165, 1.54) is 18.4 Å². The number of hydroxylamine groups is 1. The van der Waals surface area contributed by atoms with E-state index >= 15 is 0 Å². The van der Waals surface area contributed by atoms with Gasteiger partial charge in [0.25, 0.3) is 5.91 Å². The zero-order valence-electron chi connectivity index (χ0n) is 9.07. The number of carbonyl (C=O) groups is 1.